The number of nitrogens with one attached hydrogen (secondary N) is 2. The van der Waals surface area contributed by atoms with Gasteiger partial charge in [-0.25, -0.2) is 4.79 Å². The van der Waals surface area contributed by atoms with Gasteiger partial charge in [0.15, 0.2) is 0 Å². The molecule has 3 aromatic carbocycles. The third-order valence-corrected chi connectivity index (χ3v) is 4.13. The Balaban J connectivity index is 1.49. The molecule has 146 valence electrons. The molecule has 7 heteroatoms. The summed E-state index contributed by atoms with van der Waals surface area (Å²) in [6.45, 7) is -0.261. The van der Waals surface area contributed by atoms with E-state index in [9.17, 15) is 14.4 Å². The summed E-state index contributed by atoms with van der Waals surface area (Å²) < 4.78 is 5.18. The van der Waals surface area contributed by atoms with E-state index in [4.69, 9.17) is 16.3 Å². The molecule has 0 unspecified atom stereocenters. The van der Waals surface area contributed by atoms with E-state index in [0.717, 1.165) is 0 Å². The fourth-order valence-corrected chi connectivity index (χ4v) is 2.55. The first-order valence-corrected chi connectivity index (χ1v) is 9.10. The van der Waals surface area contributed by atoms with Crippen molar-refractivity contribution in [2.24, 2.45) is 0 Å². The van der Waals surface area contributed by atoms with Gasteiger partial charge in [-0.05, 0) is 60.7 Å². The summed E-state index contributed by atoms with van der Waals surface area (Å²) >= 11 is 5.81. The number of hydrogen-bond acceptors (Lipinski definition) is 4. The van der Waals surface area contributed by atoms with E-state index in [0.29, 0.717) is 27.6 Å². The van der Waals surface area contributed by atoms with Crippen LogP contribution in [0.1, 0.15) is 20.7 Å². The second-order valence-corrected chi connectivity index (χ2v) is 6.44. The van der Waals surface area contributed by atoms with Crippen LogP contribution in [-0.4, -0.2) is 24.3 Å². The zero-order valence-electron chi connectivity index (χ0n) is 15.2. The number of rotatable bonds is 6. The third kappa shape index (κ3) is 5.92. The Morgan fingerprint density at radius 3 is 2.03 bits per heavy atom. The van der Waals surface area contributed by atoms with E-state index in [2.05, 4.69) is 10.6 Å². The van der Waals surface area contributed by atoms with Crippen molar-refractivity contribution >= 4 is 35.1 Å². The lowest BCUT2D eigenvalue weighted by Gasteiger charge is -2.08. The number of anilines is 1. The number of amides is 2. The lowest BCUT2D eigenvalue weighted by Crippen LogP contribution is -2.31. The van der Waals surface area contributed by atoms with Crippen LogP contribution in [0.2, 0.25) is 5.02 Å². The second-order valence-electron chi connectivity index (χ2n) is 6.01. The highest BCUT2D eigenvalue weighted by atomic mass is 35.5. The molecule has 3 aromatic rings. The Labute approximate surface area is 172 Å². The number of carbonyl (C=O) groups is 3. The maximum absolute atomic E-state index is 12.2. The summed E-state index contributed by atoms with van der Waals surface area (Å²) in [5.41, 5.74) is 1.47. The van der Waals surface area contributed by atoms with Gasteiger partial charge < -0.3 is 15.4 Å². The highest BCUT2D eigenvalue weighted by molar-refractivity contribution is 6.30. The number of carbonyl (C=O) groups excluding carboxylic acids is 3. The molecule has 0 radical (unpaired) electrons. The first-order valence-electron chi connectivity index (χ1n) is 8.72. The molecule has 2 N–H and O–H groups in total. The number of ether oxygens (including phenoxy) is 1. The van der Waals surface area contributed by atoms with Crippen molar-refractivity contribution < 1.29 is 19.1 Å². The van der Waals surface area contributed by atoms with E-state index in [1.54, 1.807) is 78.9 Å². The number of hydrogen-bond donors (Lipinski definition) is 2. The van der Waals surface area contributed by atoms with Gasteiger partial charge >= 0.3 is 5.97 Å². The van der Waals surface area contributed by atoms with E-state index in [1.807, 2.05) is 0 Å². The molecule has 0 spiro atoms. The van der Waals surface area contributed by atoms with Crippen molar-refractivity contribution in [3.8, 4) is 5.75 Å². The summed E-state index contributed by atoms with van der Waals surface area (Å²) in [6, 6.07) is 21.4. The zero-order chi connectivity index (χ0) is 20.6. The molecule has 3 rings (SSSR count). The maximum atomic E-state index is 12.2. The van der Waals surface area contributed by atoms with Gasteiger partial charge in [0.2, 0.25) is 0 Å². The average Bonchev–Trinajstić information content (AvgIpc) is 2.74. The van der Waals surface area contributed by atoms with Crippen molar-refractivity contribution in [2.75, 3.05) is 11.9 Å². The van der Waals surface area contributed by atoms with Crippen molar-refractivity contribution in [3.63, 3.8) is 0 Å². The molecular weight excluding hydrogens is 392 g/mol. The van der Waals surface area contributed by atoms with Crippen LogP contribution in [0, 0.1) is 0 Å². The Kier molecular flexibility index (Phi) is 6.60. The Morgan fingerprint density at radius 2 is 1.38 bits per heavy atom. The second kappa shape index (κ2) is 9.52. The minimum Gasteiger partial charge on any atom is -0.425 e. The summed E-state index contributed by atoms with van der Waals surface area (Å²) in [5.74, 6) is -0.946. The summed E-state index contributed by atoms with van der Waals surface area (Å²) in [5, 5.41) is 5.78. The molecule has 0 fully saturated rings. The van der Waals surface area contributed by atoms with Crippen molar-refractivity contribution in [2.45, 2.75) is 0 Å². The molecule has 29 heavy (non-hydrogen) atoms. The van der Waals surface area contributed by atoms with Crippen molar-refractivity contribution in [1.29, 1.82) is 0 Å². The highest BCUT2D eigenvalue weighted by Gasteiger charge is 2.10. The van der Waals surface area contributed by atoms with Gasteiger partial charge in [-0.15, -0.1) is 0 Å². The monoisotopic (exact) mass is 408 g/mol. The number of esters is 1. The smallest absolute Gasteiger partial charge is 0.330 e. The molecule has 0 atom stereocenters. The van der Waals surface area contributed by atoms with Crippen molar-refractivity contribution in [1.82, 2.24) is 5.32 Å². The topological polar surface area (TPSA) is 84.5 Å². The predicted molar refractivity (Wildman–Crippen MR) is 110 cm³/mol. The molecule has 0 saturated carbocycles. The quantitative estimate of drug-likeness (QED) is 0.478. The predicted octanol–water partition coefficient (Wildman–Crippen LogP) is 3.93. The summed E-state index contributed by atoms with van der Waals surface area (Å²) in [6.07, 6.45) is 0. The molecular formula is C22H17ClN2O4. The van der Waals surface area contributed by atoms with Crippen LogP contribution in [0.15, 0.2) is 78.9 Å². The number of halogens is 1. The molecule has 0 bridgehead atoms. The molecule has 6 nitrogen and oxygen atoms in total. The van der Waals surface area contributed by atoms with E-state index < -0.39 is 5.97 Å². The average molecular weight is 409 g/mol. The summed E-state index contributed by atoms with van der Waals surface area (Å²) in [4.78, 5) is 36.0. The molecule has 0 aromatic heterocycles. The first-order chi connectivity index (χ1) is 14.0. The normalized spacial score (nSPS) is 10.1. The molecule has 0 aliphatic heterocycles. The van der Waals surface area contributed by atoms with Crippen LogP contribution in [-0.2, 0) is 4.79 Å². The maximum Gasteiger partial charge on any atom is 0.330 e. The highest BCUT2D eigenvalue weighted by Crippen LogP contribution is 2.17. The molecule has 0 aliphatic rings. The van der Waals surface area contributed by atoms with Gasteiger partial charge in [0.1, 0.15) is 12.3 Å². The molecule has 0 heterocycles. The third-order valence-electron chi connectivity index (χ3n) is 3.88. The standard InChI is InChI=1S/C22H17ClN2O4/c23-17-8-6-16(7-9-17)22(28)25-18-10-12-19(13-11-18)29-20(26)14-24-21(27)15-4-2-1-3-5-15/h1-13H,14H2,(H,24,27)(H,25,28). The van der Waals surface area contributed by atoms with Gasteiger partial charge in [-0.3, -0.25) is 9.59 Å². The summed E-state index contributed by atoms with van der Waals surface area (Å²) in [7, 11) is 0. The Morgan fingerprint density at radius 1 is 0.759 bits per heavy atom. The Hall–Kier alpha value is -3.64. The Bertz CT molecular complexity index is 1000. The first kappa shape index (κ1) is 20.1. The SMILES string of the molecule is O=C(CNC(=O)c1ccccc1)Oc1ccc(NC(=O)c2ccc(Cl)cc2)cc1. The molecule has 2 amide bonds. The van der Waals surface area contributed by atoms with Gasteiger partial charge in [-0.2, -0.15) is 0 Å². The molecule has 0 aliphatic carbocycles. The van der Waals surface area contributed by atoms with E-state index >= 15 is 0 Å². The minimum atomic E-state index is -0.604. The van der Waals surface area contributed by atoms with Crippen LogP contribution >= 0.6 is 11.6 Å². The zero-order valence-corrected chi connectivity index (χ0v) is 16.0. The fourth-order valence-electron chi connectivity index (χ4n) is 2.42. The van der Waals surface area contributed by atoms with Crippen LogP contribution in [0.4, 0.5) is 5.69 Å². The number of benzene rings is 3. The van der Waals surface area contributed by atoms with Gasteiger partial charge in [0, 0.05) is 21.8 Å². The van der Waals surface area contributed by atoms with Crippen LogP contribution in [0.25, 0.3) is 0 Å². The van der Waals surface area contributed by atoms with Gasteiger partial charge in [0.05, 0.1) is 0 Å². The largest absolute Gasteiger partial charge is 0.425 e. The minimum absolute atomic E-state index is 0.261. The van der Waals surface area contributed by atoms with Crippen LogP contribution in [0.5, 0.6) is 5.75 Å². The van der Waals surface area contributed by atoms with E-state index in [1.165, 1.54) is 0 Å². The fraction of sp³-hybridized carbons (Fsp3) is 0.0455. The van der Waals surface area contributed by atoms with Crippen LogP contribution < -0.4 is 15.4 Å². The van der Waals surface area contributed by atoms with E-state index in [-0.39, 0.29) is 18.4 Å². The van der Waals surface area contributed by atoms with Gasteiger partial charge in [0.25, 0.3) is 11.8 Å². The van der Waals surface area contributed by atoms with Gasteiger partial charge in [-0.1, -0.05) is 29.8 Å². The lowest BCUT2D eigenvalue weighted by molar-refractivity contribution is -0.133. The van der Waals surface area contributed by atoms with Crippen molar-refractivity contribution in [3.05, 3.63) is 95.0 Å². The lowest BCUT2D eigenvalue weighted by atomic mass is 10.2. The molecule has 0 saturated heterocycles. The van der Waals surface area contributed by atoms with Crippen LogP contribution in [0.3, 0.4) is 0 Å².